The molecule has 0 unspecified atom stereocenters. The summed E-state index contributed by atoms with van der Waals surface area (Å²) >= 11 is 0. The lowest BCUT2D eigenvalue weighted by atomic mass is 10.2. The fraction of sp³-hybridized carbons (Fsp3) is 0.0909. The third-order valence-electron chi connectivity index (χ3n) is 3.67. The van der Waals surface area contributed by atoms with Crippen LogP contribution in [0.15, 0.2) is 90.0 Å². The summed E-state index contributed by atoms with van der Waals surface area (Å²) in [5.74, 6) is 1.19. The predicted octanol–water partition coefficient (Wildman–Crippen LogP) is 3.63. The van der Waals surface area contributed by atoms with Gasteiger partial charge in [-0.15, -0.1) is 0 Å². The number of ether oxygens (including phenoxy) is 3. The first-order valence-corrected chi connectivity index (χ1v) is 8.65. The van der Waals surface area contributed by atoms with Crippen molar-refractivity contribution in [3.8, 4) is 17.2 Å². The van der Waals surface area contributed by atoms with Crippen molar-refractivity contribution in [3.05, 3.63) is 90.5 Å². The number of hydrogen-bond acceptors (Lipinski definition) is 5. The zero-order valence-electron chi connectivity index (χ0n) is 15.3. The van der Waals surface area contributed by atoms with Crippen LogP contribution in [0, 0.1) is 0 Å². The van der Waals surface area contributed by atoms with Gasteiger partial charge in [0.05, 0.1) is 13.3 Å². The number of nitrogens with zero attached hydrogens (tertiary/aromatic N) is 1. The van der Waals surface area contributed by atoms with Crippen LogP contribution in [0.1, 0.15) is 5.56 Å². The second-order valence-corrected chi connectivity index (χ2v) is 5.70. The minimum absolute atomic E-state index is 0.510. The molecule has 0 aliphatic rings. The monoisotopic (exact) mass is 376 g/mol. The Labute approximate surface area is 163 Å². The van der Waals surface area contributed by atoms with Gasteiger partial charge in [-0.25, -0.2) is 5.43 Å². The van der Waals surface area contributed by atoms with E-state index >= 15 is 0 Å². The number of carbonyl (C=O) groups is 1. The Hall–Kier alpha value is -3.80. The normalized spacial score (nSPS) is 10.6. The summed E-state index contributed by atoms with van der Waals surface area (Å²) < 4.78 is 16.5. The minimum atomic E-state index is -1.20. The van der Waals surface area contributed by atoms with Gasteiger partial charge < -0.3 is 14.2 Å². The first kappa shape index (κ1) is 19.0. The molecule has 28 heavy (non-hydrogen) atoms. The Morgan fingerprint density at radius 3 is 2.00 bits per heavy atom. The van der Waals surface area contributed by atoms with Crippen molar-refractivity contribution >= 4 is 12.1 Å². The number of benzene rings is 3. The van der Waals surface area contributed by atoms with Crippen LogP contribution < -0.4 is 19.6 Å². The Bertz CT molecular complexity index is 873. The quantitative estimate of drug-likeness (QED) is 0.370. The average Bonchev–Trinajstić information content (AvgIpc) is 2.75. The van der Waals surface area contributed by atoms with Crippen molar-refractivity contribution in [3.63, 3.8) is 0 Å². The molecule has 0 spiro atoms. The van der Waals surface area contributed by atoms with Gasteiger partial charge in [0.25, 0.3) is 0 Å². The highest BCUT2D eigenvalue weighted by Gasteiger charge is 2.22. The van der Waals surface area contributed by atoms with E-state index in [0.29, 0.717) is 17.2 Å². The van der Waals surface area contributed by atoms with Gasteiger partial charge in [0, 0.05) is 0 Å². The van der Waals surface area contributed by atoms with Crippen LogP contribution in [0.2, 0.25) is 0 Å². The van der Waals surface area contributed by atoms with Crippen LogP contribution in [0.3, 0.4) is 0 Å². The molecule has 0 radical (unpaired) electrons. The molecule has 0 aliphatic heterocycles. The van der Waals surface area contributed by atoms with Crippen LogP contribution in [0.25, 0.3) is 0 Å². The summed E-state index contributed by atoms with van der Waals surface area (Å²) in [5.41, 5.74) is 3.23. The highest BCUT2D eigenvalue weighted by Crippen LogP contribution is 2.16. The van der Waals surface area contributed by atoms with E-state index in [1.807, 2.05) is 54.6 Å². The molecule has 0 heterocycles. The summed E-state index contributed by atoms with van der Waals surface area (Å²) in [6, 6.07) is 25.3. The van der Waals surface area contributed by atoms with E-state index in [9.17, 15) is 4.79 Å². The van der Waals surface area contributed by atoms with E-state index in [1.165, 1.54) is 6.21 Å². The molecule has 1 N–H and O–H groups in total. The number of amides is 1. The molecular weight excluding hydrogens is 356 g/mol. The molecule has 1 amide bonds. The van der Waals surface area contributed by atoms with E-state index in [2.05, 4.69) is 10.5 Å². The smallest absolute Gasteiger partial charge is 0.323 e. The van der Waals surface area contributed by atoms with Crippen molar-refractivity contribution in [1.82, 2.24) is 5.43 Å². The maximum absolute atomic E-state index is 12.6. The number of para-hydroxylation sites is 2. The number of carbonyl (C=O) groups excluding carboxylic acids is 1. The van der Waals surface area contributed by atoms with Gasteiger partial charge >= 0.3 is 12.2 Å². The molecule has 0 fully saturated rings. The lowest BCUT2D eigenvalue weighted by Gasteiger charge is -2.18. The topological polar surface area (TPSA) is 69.2 Å². The molecule has 0 aliphatic carbocycles. The molecule has 6 nitrogen and oxygen atoms in total. The molecule has 0 aromatic heterocycles. The molecule has 0 saturated carbocycles. The summed E-state index contributed by atoms with van der Waals surface area (Å²) in [6.07, 6.45) is 0.315. The molecule has 3 rings (SSSR count). The number of hydrazone groups is 1. The fourth-order valence-corrected chi connectivity index (χ4v) is 2.32. The number of nitrogens with one attached hydrogen (secondary N) is 1. The standard InChI is InChI=1S/C22H20N2O4/c1-26-20-14-8-9-17(15-20)16-23-24-21(25)22(27-18-10-4-2-5-11-18)28-19-12-6-3-7-13-19/h2-16,22H,1H3,(H,24,25)/b23-16+. The highest BCUT2D eigenvalue weighted by atomic mass is 16.7. The van der Waals surface area contributed by atoms with Crippen molar-refractivity contribution in [1.29, 1.82) is 0 Å². The lowest BCUT2D eigenvalue weighted by Crippen LogP contribution is -2.40. The molecule has 0 bridgehead atoms. The number of rotatable bonds is 8. The molecule has 142 valence electrons. The van der Waals surface area contributed by atoms with Gasteiger partial charge in [0.15, 0.2) is 0 Å². The van der Waals surface area contributed by atoms with Crippen molar-refractivity contribution in [2.45, 2.75) is 6.29 Å². The summed E-state index contributed by atoms with van der Waals surface area (Å²) in [6.45, 7) is 0. The van der Waals surface area contributed by atoms with Gasteiger partial charge in [-0.1, -0.05) is 48.5 Å². The first-order valence-electron chi connectivity index (χ1n) is 8.65. The third-order valence-corrected chi connectivity index (χ3v) is 3.67. The van der Waals surface area contributed by atoms with E-state index in [-0.39, 0.29) is 0 Å². The summed E-state index contributed by atoms with van der Waals surface area (Å²) in [4.78, 5) is 12.6. The summed E-state index contributed by atoms with van der Waals surface area (Å²) in [5, 5.41) is 3.98. The van der Waals surface area contributed by atoms with Crippen LogP contribution in [-0.4, -0.2) is 25.5 Å². The van der Waals surface area contributed by atoms with Crippen molar-refractivity contribution < 1.29 is 19.0 Å². The molecular formula is C22H20N2O4. The van der Waals surface area contributed by atoms with Gasteiger partial charge in [0.2, 0.25) is 0 Å². The van der Waals surface area contributed by atoms with E-state index in [0.717, 1.165) is 5.56 Å². The molecule has 6 heteroatoms. The largest absolute Gasteiger partial charge is 0.497 e. The second kappa shape index (κ2) is 9.78. The molecule has 0 atom stereocenters. The number of hydrogen-bond donors (Lipinski definition) is 1. The van der Waals surface area contributed by atoms with Crippen LogP contribution in [0.4, 0.5) is 0 Å². The third kappa shape index (κ3) is 5.60. The van der Waals surface area contributed by atoms with Crippen LogP contribution >= 0.6 is 0 Å². The SMILES string of the molecule is COc1cccc(/C=N/NC(=O)C(Oc2ccccc2)Oc2ccccc2)c1. The minimum Gasteiger partial charge on any atom is -0.497 e. The maximum atomic E-state index is 12.6. The highest BCUT2D eigenvalue weighted by molar-refractivity contribution is 5.84. The summed E-state index contributed by atoms with van der Waals surface area (Å²) in [7, 11) is 1.59. The van der Waals surface area contributed by atoms with Gasteiger partial charge in [0.1, 0.15) is 17.2 Å². The lowest BCUT2D eigenvalue weighted by molar-refractivity contribution is -0.140. The zero-order valence-corrected chi connectivity index (χ0v) is 15.3. The average molecular weight is 376 g/mol. The Morgan fingerprint density at radius 2 is 1.43 bits per heavy atom. The Balaban J connectivity index is 1.69. The second-order valence-electron chi connectivity index (χ2n) is 5.70. The van der Waals surface area contributed by atoms with Crippen molar-refractivity contribution in [2.24, 2.45) is 5.10 Å². The van der Waals surface area contributed by atoms with Crippen LogP contribution in [0.5, 0.6) is 17.2 Å². The fourth-order valence-electron chi connectivity index (χ4n) is 2.32. The Kier molecular flexibility index (Phi) is 6.62. The van der Waals surface area contributed by atoms with Crippen molar-refractivity contribution in [2.75, 3.05) is 7.11 Å². The van der Waals surface area contributed by atoms with Gasteiger partial charge in [-0.2, -0.15) is 5.10 Å². The van der Waals surface area contributed by atoms with E-state index in [4.69, 9.17) is 14.2 Å². The first-order chi connectivity index (χ1) is 13.7. The molecule has 3 aromatic carbocycles. The molecule has 3 aromatic rings. The Morgan fingerprint density at radius 1 is 0.857 bits per heavy atom. The predicted molar refractivity (Wildman–Crippen MR) is 107 cm³/mol. The zero-order chi connectivity index (χ0) is 19.6. The number of methoxy groups -OCH3 is 1. The van der Waals surface area contributed by atoms with E-state index in [1.54, 1.807) is 37.4 Å². The maximum Gasteiger partial charge on any atom is 0.323 e. The van der Waals surface area contributed by atoms with Gasteiger partial charge in [-0.05, 0) is 42.0 Å². The van der Waals surface area contributed by atoms with E-state index < -0.39 is 12.2 Å². The van der Waals surface area contributed by atoms with Crippen LogP contribution in [-0.2, 0) is 4.79 Å². The molecule has 0 saturated heterocycles. The van der Waals surface area contributed by atoms with Gasteiger partial charge in [-0.3, -0.25) is 4.79 Å².